The summed E-state index contributed by atoms with van der Waals surface area (Å²) in [4.78, 5) is 13.5. The first-order valence-electron chi connectivity index (χ1n) is 19.8. The fourth-order valence-electron chi connectivity index (χ4n) is 5.72. The van der Waals surface area contributed by atoms with E-state index in [0.717, 1.165) is 38.6 Å². The molecule has 0 fully saturated rings. The van der Waals surface area contributed by atoms with Crippen LogP contribution in [-0.2, 0) is 14.2 Å². The van der Waals surface area contributed by atoms with Gasteiger partial charge in [-0.05, 0) is 46.5 Å². The second-order valence-electron chi connectivity index (χ2n) is 12.7. The molecule has 0 aliphatic rings. The van der Waals surface area contributed by atoms with Gasteiger partial charge in [0, 0.05) is 32.8 Å². The summed E-state index contributed by atoms with van der Waals surface area (Å²) in [6, 6.07) is 0.734. The Morgan fingerprint density at radius 2 is 0.830 bits per heavy atom. The number of anilines is 1. The van der Waals surface area contributed by atoms with Crippen LogP contribution in [0.25, 0.3) is 0 Å². The fourth-order valence-corrected chi connectivity index (χ4v) is 5.72. The van der Waals surface area contributed by atoms with Crippen LogP contribution in [-0.4, -0.2) is 60.5 Å². The topological polar surface area (TPSA) is 96.9 Å². The third-order valence-corrected chi connectivity index (χ3v) is 8.34. The van der Waals surface area contributed by atoms with Crippen molar-refractivity contribution >= 4 is 5.95 Å². The number of aromatic nitrogens is 3. The number of nitrogens with one attached hydrogen (secondary N) is 1. The summed E-state index contributed by atoms with van der Waals surface area (Å²) in [5.41, 5.74) is 0. The van der Waals surface area contributed by atoms with E-state index in [1.54, 1.807) is 0 Å². The Kier molecular flexibility index (Phi) is 29.1. The molecule has 0 amide bonds. The highest BCUT2D eigenvalue weighted by molar-refractivity contribution is 5.27. The molecule has 47 heavy (non-hydrogen) atoms. The van der Waals surface area contributed by atoms with Gasteiger partial charge in [0.15, 0.2) is 0 Å². The molecule has 0 radical (unpaired) electrons. The minimum Gasteiger partial charge on any atom is -0.463 e. The molecule has 0 bridgehead atoms. The first-order chi connectivity index (χ1) is 23.1. The molecule has 0 aliphatic carbocycles. The van der Waals surface area contributed by atoms with Crippen LogP contribution in [0.15, 0.2) is 0 Å². The highest BCUT2D eigenvalue weighted by Crippen LogP contribution is 2.24. The minimum atomic E-state index is -0.858. The maximum atomic E-state index is 5.92. The molecule has 1 aromatic heterocycles. The standard InChI is InChI=1S/C38H74N4O5/c1-6-11-13-15-25-29-33-43-36-40-35(41-37(42-36)44-34-30-26-16-14-12-7-2)39-32-28-24-22-20-18-17-19-21-23-27-31-38(45-8-3,46-9-4)47-10-5/h6-34H2,1-5H3,(H,39,40,41,42). The Balaban J connectivity index is 2.28. The molecule has 0 aliphatic heterocycles. The maximum absolute atomic E-state index is 5.92. The van der Waals surface area contributed by atoms with Gasteiger partial charge in [0.05, 0.1) is 13.2 Å². The first-order valence-corrected chi connectivity index (χ1v) is 19.8. The number of nitrogens with zero attached hydrogens (tertiary/aromatic N) is 3. The lowest BCUT2D eigenvalue weighted by Gasteiger charge is -2.32. The molecule has 0 saturated carbocycles. The van der Waals surface area contributed by atoms with Crippen molar-refractivity contribution in [2.75, 3.05) is 44.9 Å². The predicted molar refractivity (Wildman–Crippen MR) is 194 cm³/mol. The van der Waals surface area contributed by atoms with E-state index >= 15 is 0 Å². The number of ether oxygens (including phenoxy) is 5. The zero-order valence-electron chi connectivity index (χ0n) is 31.4. The van der Waals surface area contributed by atoms with Crippen molar-refractivity contribution in [2.24, 2.45) is 0 Å². The Labute approximate surface area is 289 Å². The van der Waals surface area contributed by atoms with Crippen LogP contribution in [0, 0.1) is 0 Å². The Bertz CT molecular complexity index is 763. The molecular weight excluding hydrogens is 592 g/mol. The fraction of sp³-hybridized carbons (Fsp3) is 0.921. The van der Waals surface area contributed by atoms with Gasteiger partial charge in [-0.3, -0.25) is 0 Å². The van der Waals surface area contributed by atoms with Crippen molar-refractivity contribution < 1.29 is 23.7 Å². The van der Waals surface area contributed by atoms with Crippen molar-refractivity contribution in [3.63, 3.8) is 0 Å². The van der Waals surface area contributed by atoms with Crippen molar-refractivity contribution in [3.05, 3.63) is 0 Å². The minimum absolute atomic E-state index is 0.367. The second-order valence-corrected chi connectivity index (χ2v) is 12.7. The Morgan fingerprint density at radius 1 is 0.447 bits per heavy atom. The van der Waals surface area contributed by atoms with E-state index in [1.807, 2.05) is 20.8 Å². The number of hydrogen-bond donors (Lipinski definition) is 1. The van der Waals surface area contributed by atoms with Gasteiger partial charge in [-0.1, -0.05) is 129 Å². The summed E-state index contributed by atoms with van der Waals surface area (Å²) in [5, 5.41) is 3.39. The Morgan fingerprint density at radius 3 is 1.26 bits per heavy atom. The highest BCUT2D eigenvalue weighted by atomic mass is 16.9. The van der Waals surface area contributed by atoms with E-state index in [2.05, 4.69) is 34.1 Å². The molecule has 9 nitrogen and oxygen atoms in total. The highest BCUT2D eigenvalue weighted by Gasteiger charge is 2.31. The Hall–Kier alpha value is -1.71. The van der Waals surface area contributed by atoms with Crippen LogP contribution >= 0.6 is 0 Å². The summed E-state index contributed by atoms with van der Waals surface area (Å²) < 4.78 is 29.4. The zero-order valence-corrected chi connectivity index (χ0v) is 31.4. The normalized spacial score (nSPS) is 11.7. The number of rotatable bonds is 36. The van der Waals surface area contributed by atoms with Crippen LogP contribution < -0.4 is 14.8 Å². The van der Waals surface area contributed by atoms with Gasteiger partial charge in [-0.2, -0.15) is 9.97 Å². The molecule has 1 N–H and O–H groups in total. The average molecular weight is 667 g/mol. The monoisotopic (exact) mass is 667 g/mol. The van der Waals surface area contributed by atoms with Crippen molar-refractivity contribution in [1.29, 1.82) is 0 Å². The molecule has 0 unspecified atom stereocenters. The molecule has 0 saturated heterocycles. The van der Waals surface area contributed by atoms with Crippen molar-refractivity contribution in [2.45, 2.75) is 188 Å². The molecule has 1 rings (SSSR count). The van der Waals surface area contributed by atoms with Gasteiger partial charge < -0.3 is 29.0 Å². The SMILES string of the molecule is CCCCCCCCOc1nc(NCCCCCCCCCCCCC(OCC)(OCC)OCC)nc(OCCCCCCCC)n1. The van der Waals surface area contributed by atoms with Crippen molar-refractivity contribution in [1.82, 2.24) is 15.0 Å². The van der Waals surface area contributed by atoms with Gasteiger partial charge >= 0.3 is 12.0 Å². The zero-order chi connectivity index (χ0) is 34.1. The lowest BCUT2D eigenvalue weighted by molar-refractivity contribution is -0.380. The largest absolute Gasteiger partial charge is 0.463 e. The third kappa shape index (κ3) is 24.1. The summed E-state index contributed by atoms with van der Waals surface area (Å²) in [7, 11) is 0. The smallest absolute Gasteiger partial charge is 0.324 e. The van der Waals surface area contributed by atoms with Gasteiger partial charge in [-0.15, -0.1) is 4.98 Å². The van der Waals surface area contributed by atoms with Crippen LogP contribution in [0.3, 0.4) is 0 Å². The predicted octanol–water partition coefficient (Wildman–Crippen LogP) is 10.8. The lowest BCUT2D eigenvalue weighted by Crippen LogP contribution is -2.39. The molecule has 0 spiro atoms. The summed E-state index contributed by atoms with van der Waals surface area (Å²) in [5.74, 6) is -0.305. The lowest BCUT2D eigenvalue weighted by atomic mass is 10.1. The molecule has 1 heterocycles. The molecule has 0 aromatic carbocycles. The molecule has 0 atom stereocenters. The summed E-state index contributed by atoms with van der Waals surface area (Å²) >= 11 is 0. The molecular formula is C38H74N4O5. The summed E-state index contributed by atoms with van der Waals surface area (Å²) in [6.07, 6.45) is 27.7. The van der Waals surface area contributed by atoms with E-state index in [1.165, 1.54) is 116 Å². The van der Waals surface area contributed by atoms with Gasteiger partial charge in [0.25, 0.3) is 5.97 Å². The van der Waals surface area contributed by atoms with Crippen LogP contribution in [0.4, 0.5) is 5.95 Å². The second kappa shape index (κ2) is 31.6. The van der Waals surface area contributed by atoms with Gasteiger partial charge in [0.1, 0.15) is 0 Å². The quantitative estimate of drug-likeness (QED) is 0.0554. The first kappa shape index (κ1) is 43.3. The van der Waals surface area contributed by atoms with E-state index in [0.29, 0.717) is 51.0 Å². The van der Waals surface area contributed by atoms with Gasteiger partial charge in [-0.25, -0.2) is 0 Å². The van der Waals surface area contributed by atoms with Crippen LogP contribution in [0.2, 0.25) is 0 Å². The van der Waals surface area contributed by atoms with E-state index in [4.69, 9.17) is 23.7 Å². The van der Waals surface area contributed by atoms with Crippen molar-refractivity contribution in [3.8, 4) is 12.0 Å². The number of hydrogen-bond acceptors (Lipinski definition) is 9. The van der Waals surface area contributed by atoms with E-state index in [-0.39, 0.29) is 0 Å². The van der Waals surface area contributed by atoms with Crippen LogP contribution in [0.5, 0.6) is 12.0 Å². The average Bonchev–Trinajstić information content (AvgIpc) is 3.06. The van der Waals surface area contributed by atoms with Gasteiger partial charge in [0.2, 0.25) is 5.95 Å². The van der Waals surface area contributed by atoms with E-state index in [9.17, 15) is 0 Å². The molecule has 276 valence electrons. The van der Waals surface area contributed by atoms with E-state index < -0.39 is 5.97 Å². The third-order valence-electron chi connectivity index (χ3n) is 8.34. The molecule has 1 aromatic rings. The maximum Gasteiger partial charge on any atom is 0.324 e. The summed E-state index contributed by atoms with van der Waals surface area (Å²) in [6.45, 7) is 14.3. The molecule has 9 heteroatoms. The van der Waals surface area contributed by atoms with Crippen LogP contribution in [0.1, 0.15) is 182 Å². The number of unbranched alkanes of at least 4 members (excludes halogenated alkanes) is 19.